The van der Waals surface area contributed by atoms with E-state index < -0.39 is 0 Å². The van der Waals surface area contributed by atoms with Crippen molar-refractivity contribution in [2.75, 3.05) is 0 Å². The Labute approximate surface area is 81.5 Å². The monoisotopic (exact) mass is 184 g/mol. The van der Waals surface area contributed by atoms with Gasteiger partial charge in [-0.15, -0.1) is 6.58 Å². The maximum absolute atomic E-state index is 13.3. The summed E-state index contributed by atoms with van der Waals surface area (Å²) in [6.07, 6.45) is 4.96. The summed E-state index contributed by atoms with van der Waals surface area (Å²) in [5.74, 6) is 0.319. The van der Waals surface area contributed by atoms with Crippen LogP contribution in [0.5, 0.6) is 0 Å². The highest BCUT2D eigenvalue weighted by Crippen LogP contribution is 2.27. The van der Waals surface area contributed by atoms with Crippen LogP contribution in [0.25, 0.3) is 0 Å². The van der Waals surface area contributed by atoms with Gasteiger partial charge < -0.3 is 0 Å². The minimum absolute atomic E-state index is 0.0146. The molecule has 0 saturated heterocycles. The number of allylic oxidation sites excluding steroid dienone is 3. The number of hydrogen-bond donors (Lipinski definition) is 0. The van der Waals surface area contributed by atoms with Gasteiger partial charge in [-0.25, -0.2) is 4.39 Å². The van der Waals surface area contributed by atoms with E-state index in [1.807, 2.05) is 20.8 Å². The highest BCUT2D eigenvalue weighted by molar-refractivity contribution is 5.02. The van der Waals surface area contributed by atoms with Crippen LogP contribution in [0, 0.1) is 11.3 Å². The molecular weight excluding hydrogens is 163 g/mol. The summed E-state index contributed by atoms with van der Waals surface area (Å²) in [4.78, 5) is 0. The lowest BCUT2D eigenvalue weighted by Crippen LogP contribution is -2.07. The lowest BCUT2D eigenvalue weighted by atomic mass is 9.88. The first-order chi connectivity index (χ1) is 5.91. The zero-order valence-corrected chi connectivity index (χ0v) is 9.23. The normalized spacial score (nSPS) is 15.6. The van der Waals surface area contributed by atoms with Crippen molar-refractivity contribution < 1.29 is 4.39 Å². The van der Waals surface area contributed by atoms with E-state index in [9.17, 15) is 4.39 Å². The Balaban J connectivity index is 4.21. The zero-order chi connectivity index (χ0) is 10.5. The molecule has 13 heavy (non-hydrogen) atoms. The third-order valence-corrected chi connectivity index (χ3v) is 2.29. The average Bonchev–Trinajstić information content (AvgIpc) is 2.03. The predicted molar refractivity (Wildman–Crippen MR) is 57.2 cm³/mol. The molecule has 0 spiro atoms. The van der Waals surface area contributed by atoms with Crippen molar-refractivity contribution in [1.82, 2.24) is 0 Å². The molecule has 0 aromatic rings. The van der Waals surface area contributed by atoms with Crippen molar-refractivity contribution in [3.05, 3.63) is 24.6 Å². The number of halogens is 1. The van der Waals surface area contributed by atoms with Gasteiger partial charge in [0.1, 0.15) is 0 Å². The topological polar surface area (TPSA) is 0 Å². The second-order valence-corrected chi connectivity index (χ2v) is 4.37. The average molecular weight is 184 g/mol. The highest BCUT2D eigenvalue weighted by Gasteiger charge is 2.15. The first-order valence-corrected chi connectivity index (χ1v) is 4.91. The van der Waals surface area contributed by atoms with Gasteiger partial charge in [-0.1, -0.05) is 39.8 Å². The molecule has 0 aliphatic heterocycles. The van der Waals surface area contributed by atoms with E-state index in [2.05, 4.69) is 13.5 Å². The number of hydrogen-bond acceptors (Lipinski definition) is 0. The standard InChI is InChI=1S/C12H21F/c1-6-10(3)8-11(13)9-12(4,5)7-2/h7-8,10H,2,6,9H2,1,3-5H3/b11-8+. The van der Waals surface area contributed by atoms with Gasteiger partial charge in [0, 0.05) is 6.42 Å². The fourth-order valence-electron chi connectivity index (χ4n) is 0.993. The maximum atomic E-state index is 13.3. The molecule has 0 aliphatic carbocycles. The van der Waals surface area contributed by atoms with Crippen LogP contribution in [0.2, 0.25) is 0 Å². The van der Waals surface area contributed by atoms with Gasteiger partial charge >= 0.3 is 0 Å². The van der Waals surface area contributed by atoms with Crippen molar-refractivity contribution >= 4 is 0 Å². The van der Waals surface area contributed by atoms with Crippen LogP contribution in [-0.4, -0.2) is 0 Å². The van der Waals surface area contributed by atoms with Crippen molar-refractivity contribution in [3.63, 3.8) is 0 Å². The summed E-state index contributed by atoms with van der Waals surface area (Å²) < 4.78 is 13.3. The van der Waals surface area contributed by atoms with Crippen molar-refractivity contribution in [1.29, 1.82) is 0 Å². The molecule has 0 aromatic carbocycles. The Hall–Kier alpha value is -0.590. The van der Waals surface area contributed by atoms with Gasteiger partial charge in [-0.2, -0.15) is 0 Å². The molecule has 0 N–H and O–H groups in total. The molecule has 0 saturated carbocycles. The minimum Gasteiger partial charge on any atom is -0.212 e. The van der Waals surface area contributed by atoms with Gasteiger partial charge in [-0.05, 0) is 17.8 Å². The van der Waals surface area contributed by atoms with Crippen LogP contribution in [0.4, 0.5) is 4.39 Å². The van der Waals surface area contributed by atoms with Gasteiger partial charge in [0.15, 0.2) is 0 Å². The first kappa shape index (κ1) is 12.4. The molecule has 0 nitrogen and oxygen atoms in total. The predicted octanol–water partition coefficient (Wildman–Crippen LogP) is 4.49. The van der Waals surface area contributed by atoms with Gasteiger partial charge in [0.25, 0.3) is 0 Å². The molecule has 0 rings (SSSR count). The molecule has 0 aliphatic rings. The van der Waals surface area contributed by atoms with E-state index in [0.717, 1.165) is 6.42 Å². The van der Waals surface area contributed by atoms with Crippen LogP contribution >= 0.6 is 0 Å². The van der Waals surface area contributed by atoms with Gasteiger partial charge in [0.2, 0.25) is 0 Å². The van der Waals surface area contributed by atoms with E-state index in [1.165, 1.54) is 0 Å². The molecule has 0 heterocycles. The van der Waals surface area contributed by atoms with Crippen LogP contribution in [0.3, 0.4) is 0 Å². The Morgan fingerprint density at radius 3 is 2.46 bits per heavy atom. The summed E-state index contributed by atoms with van der Waals surface area (Å²) in [7, 11) is 0. The fraction of sp³-hybridized carbons (Fsp3) is 0.667. The maximum Gasteiger partial charge on any atom is 0.0970 e. The molecule has 0 fully saturated rings. The third-order valence-electron chi connectivity index (χ3n) is 2.29. The van der Waals surface area contributed by atoms with E-state index in [-0.39, 0.29) is 11.2 Å². The summed E-state index contributed by atoms with van der Waals surface area (Å²) in [6, 6.07) is 0. The van der Waals surface area contributed by atoms with E-state index >= 15 is 0 Å². The minimum atomic E-state index is -0.131. The summed E-state index contributed by atoms with van der Waals surface area (Å²) in [5.41, 5.74) is -0.131. The third kappa shape index (κ3) is 5.62. The molecule has 0 radical (unpaired) electrons. The van der Waals surface area contributed by atoms with Crippen molar-refractivity contribution in [2.45, 2.75) is 40.5 Å². The lowest BCUT2D eigenvalue weighted by molar-refractivity contribution is 0.414. The Morgan fingerprint density at radius 2 is 2.08 bits per heavy atom. The highest BCUT2D eigenvalue weighted by atomic mass is 19.1. The molecule has 0 aromatic heterocycles. The molecule has 0 amide bonds. The smallest absolute Gasteiger partial charge is 0.0970 e. The SMILES string of the molecule is C=CC(C)(C)C/C(F)=C\C(C)CC. The molecule has 1 heteroatoms. The van der Waals surface area contributed by atoms with Crippen molar-refractivity contribution in [3.8, 4) is 0 Å². The molecule has 1 unspecified atom stereocenters. The zero-order valence-electron chi connectivity index (χ0n) is 9.23. The van der Waals surface area contributed by atoms with Crippen LogP contribution in [0.1, 0.15) is 40.5 Å². The fourth-order valence-corrected chi connectivity index (χ4v) is 0.993. The Bertz CT molecular complexity index is 189. The van der Waals surface area contributed by atoms with Crippen LogP contribution < -0.4 is 0 Å². The van der Waals surface area contributed by atoms with Crippen molar-refractivity contribution in [2.24, 2.45) is 11.3 Å². The molecule has 0 bridgehead atoms. The molecule has 1 atom stereocenters. The molecular formula is C12H21F. The number of rotatable bonds is 5. The summed E-state index contributed by atoms with van der Waals surface area (Å²) >= 11 is 0. The Kier molecular flexibility index (Phi) is 4.97. The summed E-state index contributed by atoms with van der Waals surface area (Å²) in [6.45, 7) is 11.8. The van der Waals surface area contributed by atoms with Gasteiger partial charge in [0.05, 0.1) is 5.83 Å². The Morgan fingerprint density at radius 1 is 1.54 bits per heavy atom. The second-order valence-electron chi connectivity index (χ2n) is 4.37. The van der Waals surface area contributed by atoms with E-state index in [0.29, 0.717) is 12.3 Å². The van der Waals surface area contributed by atoms with E-state index in [1.54, 1.807) is 12.2 Å². The van der Waals surface area contributed by atoms with Gasteiger partial charge in [-0.3, -0.25) is 0 Å². The largest absolute Gasteiger partial charge is 0.212 e. The van der Waals surface area contributed by atoms with Crippen LogP contribution in [0.15, 0.2) is 24.6 Å². The summed E-state index contributed by atoms with van der Waals surface area (Å²) in [5, 5.41) is 0. The quantitative estimate of drug-likeness (QED) is 0.552. The van der Waals surface area contributed by atoms with Crippen LogP contribution in [-0.2, 0) is 0 Å². The second kappa shape index (κ2) is 5.21. The lowest BCUT2D eigenvalue weighted by Gasteiger charge is -2.18. The first-order valence-electron chi connectivity index (χ1n) is 4.91. The molecule has 76 valence electrons. The van der Waals surface area contributed by atoms with E-state index in [4.69, 9.17) is 0 Å².